The highest BCUT2D eigenvalue weighted by molar-refractivity contribution is 9.09. The molecule has 1 aliphatic heterocycles. The number of rotatable bonds is 5. The molecule has 0 radical (unpaired) electrons. The number of alkyl halides is 2. The van der Waals surface area contributed by atoms with E-state index in [1.54, 1.807) is 0 Å². The van der Waals surface area contributed by atoms with Crippen molar-refractivity contribution in [2.45, 2.75) is 6.42 Å². The van der Waals surface area contributed by atoms with Gasteiger partial charge in [0.2, 0.25) is 0 Å². The zero-order chi connectivity index (χ0) is 10.4. The fraction of sp³-hybridized carbons (Fsp3) is 1.00. The standard InChI is InChI=1S/C7H15BrClN2O2P/c8-2-6-11-5-1-7-13-14(11,12)10-4-3-9/h1-7H2,(H,10,12)/t14-/m1/s1. The number of nitrogens with zero attached hydrogens (tertiary/aromatic N) is 1. The Balaban J connectivity index is 2.55. The summed E-state index contributed by atoms with van der Waals surface area (Å²) in [6.45, 7) is 2.62. The molecule has 0 aromatic rings. The normalized spacial score (nSPS) is 29.3. The Labute approximate surface area is 98.0 Å². The molecule has 14 heavy (non-hydrogen) atoms. The molecule has 84 valence electrons. The third kappa shape index (κ3) is 3.47. The number of hydrogen-bond acceptors (Lipinski definition) is 2. The summed E-state index contributed by atoms with van der Waals surface area (Å²) in [5.74, 6) is 0.440. The predicted octanol–water partition coefficient (Wildman–Crippen LogP) is 2.04. The average Bonchev–Trinajstić information content (AvgIpc) is 2.19. The summed E-state index contributed by atoms with van der Waals surface area (Å²) in [7, 11) is -2.79. The van der Waals surface area contributed by atoms with Crippen LogP contribution in [0.4, 0.5) is 0 Å². The van der Waals surface area contributed by atoms with Gasteiger partial charge in [-0.2, -0.15) is 0 Å². The molecule has 0 aromatic carbocycles. The summed E-state index contributed by atoms with van der Waals surface area (Å²) < 4.78 is 19.4. The van der Waals surface area contributed by atoms with Gasteiger partial charge in [-0.15, -0.1) is 11.6 Å². The number of hydrogen-bond donors (Lipinski definition) is 1. The SMILES string of the molecule is O=[P@]1(NCCCl)OCCCN1CCBr. The van der Waals surface area contributed by atoms with Crippen LogP contribution in [0.3, 0.4) is 0 Å². The molecule has 1 aliphatic rings. The molecule has 0 aromatic heterocycles. The van der Waals surface area contributed by atoms with Gasteiger partial charge < -0.3 is 4.52 Å². The van der Waals surface area contributed by atoms with Crippen molar-refractivity contribution in [1.82, 2.24) is 9.76 Å². The lowest BCUT2D eigenvalue weighted by Gasteiger charge is -2.34. The van der Waals surface area contributed by atoms with E-state index in [9.17, 15) is 4.57 Å². The zero-order valence-electron chi connectivity index (χ0n) is 7.92. The molecule has 1 saturated heterocycles. The van der Waals surface area contributed by atoms with Gasteiger partial charge in [-0.05, 0) is 6.42 Å². The molecule has 0 bridgehead atoms. The largest absolute Gasteiger partial charge is 0.343 e. The van der Waals surface area contributed by atoms with E-state index in [1.807, 2.05) is 4.67 Å². The molecule has 0 aliphatic carbocycles. The van der Waals surface area contributed by atoms with Crippen molar-refractivity contribution in [3.05, 3.63) is 0 Å². The van der Waals surface area contributed by atoms with Crippen molar-refractivity contribution in [3.8, 4) is 0 Å². The van der Waals surface area contributed by atoms with Crippen LogP contribution in [-0.4, -0.2) is 42.1 Å². The smallest absolute Gasteiger partial charge is 0.306 e. The topological polar surface area (TPSA) is 41.6 Å². The van der Waals surface area contributed by atoms with E-state index >= 15 is 0 Å². The summed E-state index contributed by atoms with van der Waals surface area (Å²) in [6, 6.07) is 0. The minimum Gasteiger partial charge on any atom is -0.306 e. The first-order valence-corrected chi connectivity index (χ1v) is 7.83. The molecule has 0 spiro atoms. The van der Waals surface area contributed by atoms with Crippen LogP contribution in [0, 0.1) is 0 Å². The van der Waals surface area contributed by atoms with E-state index in [1.165, 1.54) is 0 Å². The van der Waals surface area contributed by atoms with E-state index in [0.717, 1.165) is 24.8 Å². The molecule has 0 saturated carbocycles. The molecule has 1 heterocycles. The van der Waals surface area contributed by atoms with Gasteiger partial charge in [0, 0.05) is 30.8 Å². The summed E-state index contributed by atoms with van der Waals surface area (Å²) in [5, 5.41) is 3.68. The molecule has 1 atom stereocenters. The Morgan fingerprint density at radius 3 is 3.07 bits per heavy atom. The van der Waals surface area contributed by atoms with Crippen molar-refractivity contribution in [2.24, 2.45) is 0 Å². The average molecular weight is 306 g/mol. The van der Waals surface area contributed by atoms with Crippen LogP contribution >= 0.6 is 35.2 Å². The third-order valence-corrected chi connectivity index (χ3v) is 4.79. The molecule has 7 heteroatoms. The van der Waals surface area contributed by atoms with E-state index in [2.05, 4.69) is 21.0 Å². The highest BCUT2D eigenvalue weighted by Gasteiger charge is 2.33. The van der Waals surface area contributed by atoms with Crippen LogP contribution in [0.25, 0.3) is 0 Å². The molecule has 1 rings (SSSR count). The van der Waals surface area contributed by atoms with Gasteiger partial charge in [0.1, 0.15) is 0 Å². The van der Waals surface area contributed by atoms with Gasteiger partial charge in [-0.1, -0.05) is 15.9 Å². The van der Waals surface area contributed by atoms with Crippen LogP contribution in [0.1, 0.15) is 6.42 Å². The molecule has 1 fully saturated rings. The lowest BCUT2D eigenvalue weighted by molar-refractivity contribution is 0.204. The number of nitrogens with one attached hydrogen (secondary N) is 1. The second-order valence-electron chi connectivity index (χ2n) is 2.95. The monoisotopic (exact) mass is 304 g/mol. The summed E-state index contributed by atoms with van der Waals surface area (Å²) in [6.07, 6.45) is 0.930. The molecule has 4 nitrogen and oxygen atoms in total. The quantitative estimate of drug-likeness (QED) is 0.623. The Bertz CT molecular complexity index is 218. The van der Waals surface area contributed by atoms with E-state index in [4.69, 9.17) is 16.1 Å². The summed E-state index contributed by atoms with van der Waals surface area (Å²) in [5.41, 5.74) is 0. The molecule has 0 amide bonds. The Hall–Kier alpha value is 0.880. The van der Waals surface area contributed by atoms with Crippen LogP contribution < -0.4 is 5.09 Å². The van der Waals surface area contributed by atoms with Crippen molar-refractivity contribution in [1.29, 1.82) is 0 Å². The van der Waals surface area contributed by atoms with Gasteiger partial charge in [0.15, 0.2) is 0 Å². The maximum atomic E-state index is 12.2. The van der Waals surface area contributed by atoms with Crippen molar-refractivity contribution in [2.75, 3.05) is 37.5 Å². The first kappa shape index (κ1) is 12.9. The Kier molecular flexibility index (Phi) is 5.97. The Morgan fingerprint density at radius 2 is 2.43 bits per heavy atom. The van der Waals surface area contributed by atoms with Gasteiger partial charge in [-0.25, -0.2) is 9.76 Å². The predicted molar refractivity (Wildman–Crippen MR) is 62.3 cm³/mol. The van der Waals surface area contributed by atoms with Gasteiger partial charge in [0.25, 0.3) is 0 Å². The molecular formula is C7H15BrClN2O2P. The Morgan fingerprint density at radius 1 is 1.64 bits per heavy atom. The van der Waals surface area contributed by atoms with Gasteiger partial charge in [0.05, 0.1) is 6.61 Å². The van der Waals surface area contributed by atoms with E-state index < -0.39 is 7.67 Å². The highest BCUT2D eigenvalue weighted by Crippen LogP contribution is 2.48. The fourth-order valence-electron chi connectivity index (χ4n) is 1.32. The van der Waals surface area contributed by atoms with Gasteiger partial charge in [-0.3, -0.25) is 4.57 Å². The second-order valence-corrected chi connectivity index (χ2v) is 6.30. The number of halogens is 2. The second kappa shape index (κ2) is 6.46. The minimum atomic E-state index is -2.79. The lowest BCUT2D eigenvalue weighted by atomic mass is 10.4. The van der Waals surface area contributed by atoms with E-state index in [-0.39, 0.29) is 0 Å². The lowest BCUT2D eigenvalue weighted by Crippen LogP contribution is -2.36. The van der Waals surface area contributed by atoms with E-state index in [0.29, 0.717) is 19.0 Å². The molecular weight excluding hydrogens is 290 g/mol. The van der Waals surface area contributed by atoms with Gasteiger partial charge >= 0.3 is 7.67 Å². The molecule has 1 N–H and O–H groups in total. The van der Waals surface area contributed by atoms with Crippen LogP contribution in [0.5, 0.6) is 0 Å². The zero-order valence-corrected chi connectivity index (χ0v) is 11.2. The summed E-state index contributed by atoms with van der Waals surface area (Å²) >= 11 is 8.87. The van der Waals surface area contributed by atoms with Crippen molar-refractivity contribution < 1.29 is 9.09 Å². The van der Waals surface area contributed by atoms with Crippen molar-refractivity contribution >= 4 is 35.2 Å². The van der Waals surface area contributed by atoms with Crippen LogP contribution in [0.2, 0.25) is 0 Å². The highest BCUT2D eigenvalue weighted by atomic mass is 79.9. The molecule has 0 unspecified atom stereocenters. The van der Waals surface area contributed by atoms with Crippen LogP contribution in [0.15, 0.2) is 0 Å². The minimum absolute atomic E-state index is 0.440. The maximum absolute atomic E-state index is 12.2. The van der Waals surface area contributed by atoms with Crippen LogP contribution in [-0.2, 0) is 9.09 Å². The maximum Gasteiger partial charge on any atom is 0.343 e. The fourth-order valence-corrected chi connectivity index (χ4v) is 4.24. The first-order chi connectivity index (χ1) is 6.73. The third-order valence-electron chi connectivity index (χ3n) is 1.95. The first-order valence-electron chi connectivity index (χ1n) is 4.60. The van der Waals surface area contributed by atoms with Crippen molar-refractivity contribution in [3.63, 3.8) is 0 Å². The summed E-state index contributed by atoms with van der Waals surface area (Å²) in [4.78, 5) is 0.